The van der Waals surface area contributed by atoms with Crippen molar-refractivity contribution >= 4 is 17.6 Å². The van der Waals surface area contributed by atoms with Crippen molar-refractivity contribution in [2.24, 2.45) is 0 Å². The topological polar surface area (TPSA) is 101 Å². The standard InChI is InChI=1S/C16H17N5O3/c1-9-10(2)17-16-19-15(20-21(16)14(9)23)18-13(22)11(3)24-12-7-5-4-6-8-12/h4-8,11H,1-3H3,(H2,17,18,19,20,22). The Morgan fingerprint density at radius 2 is 1.96 bits per heavy atom. The van der Waals surface area contributed by atoms with Gasteiger partial charge in [-0.15, -0.1) is 0 Å². The molecule has 1 amide bonds. The molecule has 0 aliphatic rings. The zero-order chi connectivity index (χ0) is 17.3. The van der Waals surface area contributed by atoms with Gasteiger partial charge in [-0.1, -0.05) is 18.2 Å². The van der Waals surface area contributed by atoms with Crippen molar-refractivity contribution in [1.29, 1.82) is 0 Å². The highest BCUT2D eigenvalue weighted by atomic mass is 16.5. The number of anilines is 1. The molecule has 8 nitrogen and oxygen atoms in total. The van der Waals surface area contributed by atoms with Crippen LogP contribution in [0.15, 0.2) is 35.1 Å². The number of hydrogen-bond donors (Lipinski definition) is 2. The molecule has 1 aromatic carbocycles. The number of ether oxygens (including phenoxy) is 1. The average molecular weight is 327 g/mol. The van der Waals surface area contributed by atoms with Crippen LogP contribution in [0, 0.1) is 13.8 Å². The van der Waals surface area contributed by atoms with Crippen molar-refractivity contribution in [3.63, 3.8) is 0 Å². The second-order valence-corrected chi connectivity index (χ2v) is 5.40. The van der Waals surface area contributed by atoms with E-state index in [-0.39, 0.29) is 23.2 Å². The zero-order valence-corrected chi connectivity index (χ0v) is 13.5. The van der Waals surface area contributed by atoms with E-state index in [4.69, 9.17) is 4.74 Å². The summed E-state index contributed by atoms with van der Waals surface area (Å²) in [5.74, 6) is 0.543. The molecule has 3 rings (SSSR count). The number of fused-ring (bicyclic) bond motifs is 1. The van der Waals surface area contributed by atoms with Gasteiger partial charge in [-0.3, -0.25) is 20.0 Å². The van der Waals surface area contributed by atoms with Gasteiger partial charge in [0.15, 0.2) is 6.10 Å². The maximum Gasteiger partial charge on any atom is 0.277 e. The van der Waals surface area contributed by atoms with Crippen molar-refractivity contribution in [2.45, 2.75) is 26.9 Å². The van der Waals surface area contributed by atoms with E-state index in [1.54, 1.807) is 32.9 Å². The van der Waals surface area contributed by atoms with Gasteiger partial charge in [0.1, 0.15) is 5.75 Å². The predicted molar refractivity (Wildman–Crippen MR) is 88.2 cm³/mol. The molecule has 1 unspecified atom stereocenters. The van der Waals surface area contributed by atoms with Crippen molar-refractivity contribution in [2.75, 3.05) is 5.32 Å². The Kier molecular flexibility index (Phi) is 4.03. The number of aryl methyl sites for hydroxylation is 1. The number of amides is 1. The molecule has 0 saturated heterocycles. The Morgan fingerprint density at radius 1 is 1.25 bits per heavy atom. The largest absolute Gasteiger partial charge is 0.481 e. The van der Waals surface area contributed by atoms with E-state index < -0.39 is 6.10 Å². The van der Waals surface area contributed by atoms with Crippen LogP contribution in [0.5, 0.6) is 5.75 Å². The lowest BCUT2D eigenvalue weighted by Gasteiger charge is -2.13. The average Bonchev–Trinajstić information content (AvgIpc) is 2.96. The van der Waals surface area contributed by atoms with Crippen molar-refractivity contribution in [1.82, 2.24) is 19.6 Å². The Balaban J connectivity index is 1.78. The third-order valence-electron chi connectivity index (χ3n) is 3.63. The number of hydrogen-bond acceptors (Lipinski definition) is 5. The van der Waals surface area contributed by atoms with Crippen LogP contribution in [-0.4, -0.2) is 31.6 Å². The van der Waals surface area contributed by atoms with Crippen LogP contribution in [0.4, 0.5) is 5.95 Å². The summed E-state index contributed by atoms with van der Waals surface area (Å²) in [5, 5.41) is 5.31. The van der Waals surface area contributed by atoms with Crippen LogP contribution >= 0.6 is 0 Å². The summed E-state index contributed by atoms with van der Waals surface area (Å²) < 4.78 is 6.74. The summed E-state index contributed by atoms with van der Waals surface area (Å²) in [4.78, 5) is 32.7. The summed E-state index contributed by atoms with van der Waals surface area (Å²) in [6.07, 6.45) is -0.728. The molecule has 1 atom stereocenters. The van der Waals surface area contributed by atoms with Crippen LogP contribution in [0.1, 0.15) is 18.2 Å². The first kappa shape index (κ1) is 15.7. The van der Waals surface area contributed by atoms with Gasteiger partial charge < -0.3 is 4.74 Å². The number of carbonyl (C=O) groups is 1. The molecule has 0 aliphatic carbocycles. The van der Waals surface area contributed by atoms with Gasteiger partial charge in [0.2, 0.25) is 5.95 Å². The second kappa shape index (κ2) is 6.15. The Bertz CT molecular complexity index is 945. The van der Waals surface area contributed by atoms with E-state index in [0.29, 0.717) is 17.0 Å². The zero-order valence-electron chi connectivity index (χ0n) is 13.5. The number of aromatic amines is 1. The molecule has 2 heterocycles. The molecule has 0 bridgehead atoms. The number of H-pyrrole nitrogens is 1. The monoisotopic (exact) mass is 327 g/mol. The van der Waals surface area contributed by atoms with Crippen molar-refractivity contribution in [3.8, 4) is 5.75 Å². The lowest BCUT2D eigenvalue weighted by atomic mass is 10.3. The van der Waals surface area contributed by atoms with Gasteiger partial charge in [0, 0.05) is 11.3 Å². The Morgan fingerprint density at radius 3 is 2.67 bits per heavy atom. The van der Waals surface area contributed by atoms with Gasteiger partial charge >= 0.3 is 0 Å². The van der Waals surface area contributed by atoms with Gasteiger partial charge in [0.05, 0.1) is 0 Å². The highest BCUT2D eigenvalue weighted by molar-refractivity contribution is 5.92. The SMILES string of the molecule is Cc1nc2nc(NC(=O)C(C)Oc3ccccc3)[nH]n2c(=O)c1C. The fourth-order valence-corrected chi connectivity index (χ4v) is 2.13. The van der Waals surface area contributed by atoms with E-state index in [0.717, 1.165) is 0 Å². The molecule has 124 valence electrons. The lowest BCUT2D eigenvalue weighted by Crippen LogP contribution is -2.30. The first-order valence-electron chi connectivity index (χ1n) is 7.44. The van der Waals surface area contributed by atoms with Crippen LogP contribution in [0.25, 0.3) is 5.78 Å². The van der Waals surface area contributed by atoms with Crippen LogP contribution in [0.3, 0.4) is 0 Å². The summed E-state index contributed by atoms with van der Waals surface area (Å²) >= 11 is 0. The van der Waals surface area contributed by atoms with E-state index in [1.165, 1.54) is 4.52 Å². The fraction of sp³-hybridized carbons (Fsp3) is 0.250. The molecule has 0 aliphatic heterocycles. The molecule has 2 N–H and O–H groups in total. The molecule has 3 aromatic rings. The Hall–Kier alpha value is -3.16. The fourth-order valence-electron chi connectivity index (χ4n) is 2.13. The first-order chi connectivity index (χ1) is 11.5. The molecule has 2 aromatic heterocycles. The van der Waals surface area contributed by atoms with Gasteiger partial charge in [0.25, 0.3) is 17.2 Å². The number of nitrogens with zero attached hydrogens (tertiary/aromatic N) is 3. The van der Waals surface area contributed by atoms with E-state index in [2.05, 4.69) is 20.4 Å². The summed E-state index contributed by atoms with van der Waals surface area (Å²) in [7, 11) is 0. The van der Waals surface area contributed by atoms with E-state index in [9.17, 15) is 9.59 Å². The van der Waals surface area contributed by atoms with Crippen LogP contribution in [-0.2, 0) is 4.79 Å². The minimum absolute atomic E-state index is 0.137. The summed E-state index contributed by atoms with van der Waals surface area (Å²) in [6, 6.07) is 9.03. The first-order valence-corrected chi connectivity index (χ1v) is 7.44. The third kappa shape index (κ3) is 2.98. The predicted octanol–water partition coefficient (Wildman–Crippen LogP) is 1.44. The van der Waals surface area contributed by atoms with Gasteiger partial charge in [-0.2, -0.15) is 9.50 Å². The minimum Gasteiger partial charge on any atom is -0.481 e. The molecule has 0 saturated carbocycles. The number of para-hydroxylation sites is 1. The number of rotatable bonds is 4. The van der Waals surface area contributed by atoms with Crippen molar-refractivity contribution in [3.05, 3.63) is 51.9 Å². The quantitative estimate of drug-likeness (QED) is 0.755. The van der Waals surface area contributed by atoms with Gasteiger partial charge in [-0.25, -0.2) is 4.98 Å². The number of benzene rings is 1. The smallest absolute Gasteiger partial charge is 0.277 e. The molecule has 0 radical (unpaired) electrons. The highest BCUT2D eigenvalue weighted by Crippen LogP contribution is 2.12. The molecular weight excluding hydrogens is 310 g/mol. The normalized spacial score (nSPS) is 12.1. The molecule has 8 heteroatoms. The maximum absolute atomic E-state index is 12.2. The number of carbonyl (C=O) groups excluding carboxylic acids is 1. The number of aromatic nitrogens is 4. The lowest BCUT2D eigenvalue weighted by molar-refractivity contribution is -0.122. The minimum atomic E-state index is -0.728. The molecular formula is C16H17N5O3. The van der Waals surface area contributed by atoms with E-state index >= 15 is 0 Å². The maximum atomic E-state index is 12.2. The van der Waals surface area contributed by atoms with Crippen LogP contribution in [0.2, 0.25) is 0 Å². The third-order valence-corrected chi connectivity index (χ3v) is 3.63. The highest BCUT2D eigenvalue weighted by Gasteiger charge is 2.17. The van der Waals surface area contributed by atoms with E-state index in [1.807, 2.05) is 18.2 Å². The Labute approximate surface area is 137 Å². The van der Waals surface area contributed by atoms with Crippen molar-refractivity contribution < 1.29 is 9.53 Å². The summed E-state index contributed by atoms with van der Waals surface area (Å²) in [6.45, 7) is 5.05. The molecule has 0 fully saturated rings. The molecule has 24 heavy (non-hydrogen) atoms. The van der Waals surface area contributed by atoms with Gasteiger partial charge in [-0.05, 0) is 32.9 Å². The second-order valence-electron chi connectivity index (χ2n) is 5.40. The molecule has 0 spiro atoms. The number of nitrogens with one attached hydrogen (secondary N) is 2. The van der Waals surface area contributed by atoms with Crippen LogP contribution < -0.4 is 15.6 Å². The summed E-state index contributed by atoms with van der Waals surface area (Å²) in [5.41, 5.74) is 0.874.